The first-order valence-corrected chi connectivity index (χ1v) is 4.91. The monoisotopic (exact) mass is 152 g/mol. The summed E-state index contributed by atoms with van der Waals surface area (Å²) in [6.07, 6.45) is 8.70. The Balaban J connectivity index is 1.66. The molecule has 0 atom stereocenters. The average Bonchev–Trinajstić information content (AvgIpc) is 2.51. The minimum absolute atomic E-state index is 0.442. The van der Waals surface area contributed by atoms with E-state index < -0.39 is 0 Å². The number of aliphatic hydroxyl groups excluding tert-OH is 1. The van der Waals surface area contributed by atoms with E-state index in [1.54, 1.807) is 0 Å². The van der Waals surface area contributed by atoms with Gasteiger partial charge in [0, 0.05) is 6.61 Å². The number of fused-ring (bicyclic) bond motifs is 1. The molecule has 1 heteroatoms. The van der Waals surface area contributed by atoms with Crippen LogP contribution in [-0.2, 0) is 0 Å². The summed E-state index contributed by atoms with van der Waals surface area (Å²) >= 11 is 0. The van der Waals surface area contributed by atoms with Gasteiger partial charge in [-0.15, -0.1) is 0 Å². The summed E-state index contributed by atoms with van der Waals surface area (Å²) in [5.74, 6) is 0.676. The Kier molecular flexibility index (Phi) is 0.976. The maximum atomic E-state index is 8.91. The molecule has 3 rings (SSSR count). The van der Waals surface area contributed by atoms with Crippen LogP contribution in [0.15, 0.2) is 0 Å². The molecule has 0 saturated heterocycles. The molecule has 3 aliphatic carbocycles. The summed E-state index contributed by atoms with van der Waals surface area (Å²) < 4.78 is 0. The maximum Gasteiger partial charge on any atom is 0.0459 e. The lowest BCUT2D eigenvalue weighted by molar-refractivity contribution is 0.0365. The molecule has 62 valence electrons. The van der Waals surface area contributed by atoms with Crippen molar-refractivity contribution in [1.82, 2.24) is 0 Å². The smallest absolute Gasteiger partial charge is 0.0459 e. The Morgan fingerprint density at radius 2 is 1.91 bits per heavy atom. The highest BCUT2D eigenvalue weighted by Gasteiger charge is 2.72. The number of aliphatic hydroxyl groups is 1. The second kappa shape index (κ2) is 1.66. The van der Waals surface area contributed by atoms with Crippen molar-refractivity contribution in [2.24, 2.45) is 16.7 Å². The summed E-state index contributed by atoms with van der Waals surface area (Å²) in [4.78, 5) is 0. The second-order valence-corrected chi connectivity index (χ2v) is 5.05. The molecule has 0 amide bonds. The van der Waals surface area contributed by atoms with Crippen LogP contribution in [0.4, 0.5) is 0 Å². The highest BCUT2D eigenvalue weighted by molar-refractivity contribution is 5.22. The van der Waals surface area contributed by atoms with Gasteiger partial charge in [-0.1, -0.05) is 6.42 Å². The maximum absolute atomic E-state index is 8.91. The van der Waals surface area contributed by atoms with Crippen LogP contribution in [0, 0.1) is 16.7 Å². The molecule has 0 bridgehead atoms. The van der Waals surface area contributed by atoms with E-state index in [9.17, 15) is 0 Å². The summed E-state index contributed by atoms with van der Waals surface area (Å²) in [5.41, 5.74) is 1.61. The Morgan fingerprint density at radius 1 is 1.18 bits per heavy atom. The van der Waals surface area contributed by atoms with Gasteiger partial charge in [0.2, 0.25) is 0 Å². The van der Waals surface area contributed by atoms with E-state index in [0.29, 0.717) is 12.5 Å². The van der Waals surface area contributed by atoms with E-state index in [-0.39, 0.29) is 0 Å². The molecule has 0 unspecified atom stereocenters. The van der Waals surface area contributed by atoms with Crippen LogP contribution < -0.4 is 0 Å². The van der Waals surface area contributed by atoms with Gasteiger partial charge in [0.05, 0.1) is 0 Å². The van der Waals surface area contributed by atoms with E-state index in [0.717, 1.165) is 10.8 Å². The molecular weight excluding hydrogens is 136 g/mol. The van der Waals surface area contributed by atoms with Gasteiger partial charge in [-0.3, -0.25) is 0 Å². The van der Waals surface area contributed by atoms with Gasteiger partial charge in [0.25, 0.3) is 0 Å². The van der Waals surface area contributed by atoms with Gasteiger partial charge in [-0.2, -0.15) is 0 Å². The van der Waals surface area contributed by atoms with Gasteiger partial charge in [-0.05, 0) is 48.9 Å². The summed E-state index contributed by atoms with van der Waals surface area (Å²) in [6, 6.07) is 0. The van der Waals surface area contributed by atoms with Crippen LogP contribution in [0.5, 0.6) is 0 Å². The van der Waals surface area contributed by atoms with Crippen molar-refractivity contribution in [3.05, 3.63) is 0 Å². The van der Waals surface area contributed by atoms with Crippen molar-refractivity contribution in [2.45, 2.75) is 38.5 Å². The molecule has 11 heavy (non-hydrogen) atoms. The normalized spacial score (nSPS) is 50.5. The average molecular weight is 152 g/mol. The quantitative estimate of drug-likeness (QED) is 0.609. The van der Waals surface area contributed by atoms with Gasteiger partial charge < -0.3 is 5.11 Å². The fourth-order valence-electron chi connectivity index (χ4n) is 3.67. The van der Waals surface area contributed by atoms with Crippen molar-refractivity contribution in [1.29, 1.82) is 0 Å². The highest BCUT2D eigenvalue weighted by Crippen LogP contribution is 2.82. The van der Waals surface area contributed by atoms with Crippen molar-refractivity contribution >= 4 is 0 Å². The van der Waals surface area contributed by atoms with Crippen LogP contribution in [0.1, 0.15) is 38.5 Å². The second-order valence-electron chi connectivity index (χ2n) is 5.05. The van der Waals surface area contributed by atoms with E-state index in [4.69, 9.17) is 5.11 Å². The van der Waals surface area contributed by atoms with Crippen LogP contribution in [-0.4, -0.2) is 11.7 Å². The molecule has 1 N–H and O–H groups in total. The summed E-state index contributed by atoms with van der Waals surface area (Å²) in [5, 5.41) is 8.91. The third-order valence-electron chi connectivity index (χ3n) is 4.60. The van der Waals surface area contributed by atoms with Crippen molar-refractivity contribution in [2.75, 3.05) is 6.61 Å². The van der Waals surface area contributed by atoms with Crippen LogP contribution >= 0.6 is 0 Å². The van der Waals surface area contributed by atoms with Crippen molar-refractivity contribution in [3.8, 4) is 0 Å². The molecule has 0 heterocycles. The van der Waals surface area contributed by atoms with E-state index >= 15 is 0 Å². The van der Waals surface area contributed by atoms with E-state index in [1.165, 1.54) is 38.5 Å². The lowest BCUT2D eigenvalue weighted by Crippen LogP contribution is -2.35. The van der Waals surface area contributed by atoms with Crippen molar-refractivity contribution < 1.29 is 5.11 Å². The fraction of sp³-hybridized carbons (Fsp3) is 1.00. The van der Waals surface area contributed by atoms with Gasteiger partial charge in [0.15, 0.2) is 0 Å². The van der Waals surface area contributed by atoms with Gasteiger partial charge in [0.1, 0.15) is 0 Å². The first kappa shape index (κ1) is 6.47. The van der Waals surface area contributed by atoms with Crippen LogP contribution in [0.2, 0.25) is 0 Å². The zero-order valence-electron chi connectivity index (χ0n) is 6.97. The topological polar surface area (TPSA) is 20.2 Å². The molecule has 3 aliphatic rings. The van der Waals surface area contributed by atoms with Crippen LogP contribution in [0.3, 0.4) is 0 Å². The number of hydrogen-bond acceptors (Lipinski definition) is 1. The minimum Gasteiger partial charge on any atom is -0.396 e. The molecule has 3 fully saturated rings. The third kappa shape index (κ3) is 0.581. The predicted molar refractivity (Wildman–Crippen MR) is 43.1 cm³/mol. The largest absolute Gasteiger partial charge is 0.396 e. The molecule has 3 saturated carbocycles. The zero-order chi connectivity index (χ0) is 7.53. The lowest BCUT2D eigenvalue weighted by atomic mass is 9.62. The van der Waals surface area contributed by atoms with Crippen LogP contribution in [0.25, 0.3) is 0 Å². The third-order valence-corrected chi connectivity index (χ3v) is 4.60. The first-order valence-electron chi connectivity index (χ1n) is 4.91. The highest BCUT2D eigenvalue weighted by atomic mass is 16.3. The van der Waals surface area contributed by atoms with Gasteiger partial charge >= 0.3 is 0 Å². The SMILES string of the molecule is OCC1CC2(C1)CC21CCC1. The predicted octanol–water partition coefficient (Wildman–Crippen LogP) is 1.95. The molecule has 0 radical (unpaired) electrons. The molecule has 0 aromatic rings. The molecule has 0 aromatic heterocycles. The minimum atomic E-state index is 0.442. The Labute approximate surface area is 67.8 Å². The molecule has 0 aromatic carbocycles. The van der Waals surface area contributed by atoms with Gasteiger partial charge in [-0.25, -0.2) is 0 Å². The molecule has 0 aliphatic heterocycles. The molecule has 2 spiro atoms. The molecular formula is C10H16O. The van der Waals surface area contributed by atoms with E-state index in [1.807, 2.05) is 0 Å². The Bertz CT molecular complexity index is 187. The number of hydrogen-bond donors (Lipinski definition) is 1. The fourth-order valence-corrected chi connectivity index (χ4v) is 3.67. The number of rotatable bonds is 1. The molecule has 1 nitrogen and oxygen atoms in total. The lowest BCUT2D eigenvalue weighted by Gasteiger charge is -2.43. The summed E-state index contributed by atoms with van der Waals surface area (Å²) in [6.45, 7) is 0.442. The van der Waals surface area contributed by atoms with E-state index in [2.05, 4.69) is 0 Å². The zero-order valence-corrected chi connectivity index (χ0v) is 6.97. The first-order chi connectivity index (χ1) is 5.30. The Hall–Kier alpha value is -0.0400. The van der Waals surface area contributed by atoms with Crippen molar-refractivity contribution in [3.63, 3.8) is 0 Å². The summed E-state index contributed by atoms with van der Waals surface area (Å²) in [7, 11) is 0. The standard InChI is InChI=1S/C10H16O/c11-6-8-4-10(5-8)7-9(10)2-1-3-9/h8,11H,1-7H2. The Morgan fingerprint density at radius 3 is 2.27 bits per heavy atom.